The minimum Gasteiger partial charge on any atom is -0.481 e. The Labute approximate surface area is 95.9 Å². The lowest BCUT2D eigenvalue weighted by molar-refractivity contribution is -0.141. The Morgan fingerprint density at radius 2 is 2.25 bits per heavy atom. The van der Waals surface area contributed by atoms with Crippen molar-refractivity contribution in [1.29, 1.82) is 0 Å². The Hall–Kier alpha value is -0.900. The smallest absolute Gasteiger partial charge is 0.307 e. The molecule has 0 spiro atoms. The summed E-state index contributed by atoms with van der Waals surface area (Å²) < 4.78 is 13.4. The van der Waals surface area contributed by atoms with Crippen LogP contribution in [0.2, 0.25) is 0 Å². The second-order valence-electron chi connectivity index (χ2n) is 4.60. The molecule has 92 valence electrons. The average Bonchev–Trinajstić information content (AvgIpc) is 2.75. The summed E-state index contributed by atoms with van der Waals surface area (Å²) in [7, 11) is 0. The third-order valence-corrected chi connectivity index (χ3v) is 3.63. The Morgan fingerprint density at radius 3 is 2.69 bits per heavy atom. The van der Waals surface area contributed by atoms with Gasteiger partial charge < -0.3 is 5.11 Å². The van der Waals surface area contributed by atoms with Gasteiger partial charge in [-0.2, -0.15) is 0 Å². The zero-order chi connectivity index (χ0) is 12.3. The molecular formula is C12H20FNO2. The quantitative estimate of drug-likeness (QED) is 0.732. The van der Waals surface area contributed by atoms with Crippen molar-refractivity contribution in [3.05, 3.63) is 12.7 Å². The zero-order valence-electron chi connectivity index (χ0n) is 9.90. The highest BCUT2D eigenvalue weighted by Crippen LogP contribution is 2.24. The minimum absolute atomic E-state index is 0.0531. The molecule has 0 bridgehead atoms. The van der Waals surface area contributed by atoms with Gasteiger partial charge in [-0.05, 0) is 19.9 Å². The number of carboxylic acids is 1. The molecule has 1 fully saturated rings. The Balaban J connectivity index is 2.53. The van der Waals surface area contributed by atoms with Crippen LogP contribution in [0.4, 0.5) is 4.39 Å². The monoisotopic (exact) mass is 229 g/mol. The maximum absolute atomic E-state index is 13.4. The van der Waals surface area contributed by atoms with Gasteiger partial charge in [0.25, 0.3) is 0 Å². The lowest BCUT2D eigenvalue weighted by atomic mass is 9.97. The van der Waals surface area contributed by atoms with Crippen LogP contribution in [0, 0.1) is 11.8 Å². The number of nitrogens with zero attached hydrogens (tertiary/aromatic N) is 1. The van der Waals surface area contributed by atoms with Crippen LogP contribution in [0.5, 0.6) is 0 Å². The summed E-state index contributed by atoms with van der Waals surface area (Å²) >= 11 is 0. The second kappa shape index (κ2) is 5.43. The van der Waals surface area contributed by atoms with E-state index in [4.69, 9.17) is 5.11 Å². The molecule has 4 atom stereocenters. The summed E-state index contributed by atoms with van der Waals surface area (Å²) in [6.07, 6.45) is 0.947. The molecule has 0 aromatic heterocycles. The highest BCUT2D eigenvalue weighted by atomic mass is 19.1. The van der Waals surface area contributed by atoms with Gasteiger partial charge in [-0.1, -0.05) is 13.0 Å². The molecule has 0 radical (unpaired) electrons. The van der Waals surface area contributed by atoms with E-state index in [1.807, 2.05) is 13.8 Å². The van der Waals surface area contributed by atoms with Gasteiger partial charge in [0.05, 0.1) is 5.92 Å². The lowest BCUT2D eigenvalue weighted by Crippen LogP contribution is -2.39. The van der Waals surface area contributed by atoms with E-state index in [-0.39, 0.29) is 17.9 Å². The SMILES string of the molecule is C=CC(F)[C@H](C)[C@@H](C)N1CCC(C(=O)O)C1. The first-order valence-corrected chi connectivity index (χ1v) is 5.70. The third-order valence-electron chi connectivity index (χ3n) is 3.63. The molecular weight excluding hydrogens is 209 g/mol. The molecule has 2 unspecified atom stereocenters. The Morgan fingerprint density at radius 1 is 1.62 bits per heavy atom. The van der Waals surface area contributed by atoms with Crippen molar-refractivity contribution in [2.24, 2.45) is 11.8 Å². The number of carbonyl (C=O) groups is 1. The van der Waals surface area contributed by atoms with Crippen LogP contribution in [0.25, 0.3) is 0 Å². The molecule has 1 aliphatic heterocycles. The number of aliphatic carboxylic acids is 1. The first-order valence-electron chi connectivity index (χ1n) is 5.70. The van der Waals surface area contributed by atoms with Gasteiger partial charge in [0, 0.05) is 18.5 Å². The minimum atomic E-state index is -1.03. The van der Waals surface area contributed by atoms with Crippen molar-refractivity contribution in [2.45, 2.75) is 32.5 Å². The molecule has 1 saturated heterocycles. The fraction of sp³-hybridized carbons (Fsp3) is 0.750. The number of carboxylic acid groups (broad SMARTS) is 1. The molecule has 1 rings (SSSR count). The summed E-state index contributed by atoms with van der Waals surface area (Å²) in [5.74, 6) is -1.19. The van der Waals surface area contributed by atoms with E-state index in [1.165, 1.54) is 6.08 Å². The highest BCUT2D eigenvalue weighted by molar-refractivity contribution is 5.70. The van der Waals surface area contributed by atoms with Crippen LogP contribution >= 0.6 is 0 Å². The fourth-order valence-electron chi connectivity index (χ4n) is 2.17. The normalized spacial score (nSPS) is 27.3. The van der Waals surface area contributed by atoms with Crippen molar-refractivity contribution < 1.29 is 14.3 Å². The van der Waals surface area contributed by atoms with Gasteiger partial charge in [-0.15, -0.1) is 6.58 Å². The summed E-state index contributed by atoms with van der Waals surface area (Å²) in [5.41, 5.74) is 0. The first-order chi connectivity index (χ1) is 7.47. The molecule has 1 N–H and O–H groups in total. The van der Waals surface area contributed by atoms with Gasteiger partial charge in [-0.25, -0.2) is 4.39 Å². The molecule has 3 nitrogen and oxygen atoms in total. The van der Waals surface area contributed by atoms with E-state index in [1.54, 1.807) is 0 Å². The highest BCUT2D eigenvalue weighted by Gasteiger charge is 2.33. The van der Waals surface area contributed by atoms with Crippen LogP contribution in [0.3, 0.4) is 0 Å². The number of alkyl halides is 1. The fourth-order valence-corrected chi connectivity index (χ4v) is 2.17. The van der Waals surface area contributed by atoms with Crippen LogP contribution in [0.1, 0.15) is 20.3 Å². The van der Waals surface area contributed by atoms with Crippen molar-refractivity contribution in [2.75, 3.05) is 13.1 Å². The van der Waals surface area contributed by atoms with Gasteiger partial charge in [0.15, 0.2) is 0 Å². The standard InChI is InChI=1S/C12H20FNO2/c1-4-11(13)8(2)9(3)14-6-5-10(7-14)12(15)16/h4,8-11H,1,5-7H2,2-3H3,(H,15,16)/t8-,9-,10?,11?/m1/s1. The van der Waals surface area contributed by atoms with E-state index >= 15 is 0 Å². The van der Waals surface area contributed by atoms with E-state index in [0.717, 1.165) is 6.54 Å². The van der Waals surface area contributed by atoms with Crippen LogP contribution < -0.4 is 0 Å². The summed E-state index contributed by atoms with van der Waals surface area (Å²) in [6.45, 7) is 8.51. The molecule has 16 heavy (non-hydrogen) atoms. The van der Waals surface area contributed by atoms with Gasteiger partial charge in [0.2, 0.25) is 0 Å². The van der Waals surface area contributed by atoms with Crippen molar-refractivity contribution >= 4 is 5.97 Å². The molecule has 0 saturated carbocycles. The Kier molecular flexibility index (Phi) is 4.47. The third kappa shape index (κ3) is 2.82. The molecule has 0 aromatic rings. The molecule has 0 amide bonds. The molecule has 1 heterocycles. The maximum Gasteiger partial charge on any atom is 0.307 e. The second-order valence-corrected chi connectivity index (χ2v) is 4.60. The van der Waals surface area contributed by atoms with E-state index < -0.39 is 12.1 Å². The lowest BCUT2D eigenvalue weighted by Gasteiger charge is -2.30. The zero-order valence-corrected chi connectivity index (χ0v) is 9.90. The van der Waals surface area contributed by atoms with Crippen molar-refractivity contribution in [1.82, 2.24) is 4.90 Å². The summed E-state index contributed by atoms with van der Waals surface area (Å²) in [6, 6.07) is 0.0531. The molecule has 4 heteroatoms. The van der Waals surface area contributed by atoms with Gasteiger partial charge >= 0.3 is 5.97 Å². The number of halogens is 1. The van der Waals surface area contributed by atoms with E-state index in [0.29, 0.717) is 13.0 Å². The molecule has 0 aromatic carbocycles. The van der Waals surface area contributed by atoms with Crippen LogP contribution in [-0.2, 0) is 4.79 Å². The number of hydrogen-bond acceptors (Lipinski definition) is 2. The topological polar surface area (TPSA) is 40.5 Å². The largest absolute Gasteiger partial charge is 0.481 e. The number of hydrogen-bond donors (Lipinski definition) is 1. The molecule has 0 aliphatic carbocycles. The predicted molar refractivity (Wildman–Crippen MR) is 61.0 cm³/mol. The van der Waals surface area contributed by atoms with Crippen molar-refractivity contribution in [3.8, 4) is 0 Å². The summed E-state index contributed by atoms with van der Waals surface area (Å²) in [5, 5.41) is 8.89. The van der Waals surface area contributed by atoms with E-state index in [2.05, 4.69) is 11.5 Å². The van der Waals surface area contributed by atoms with Gasteiger partial charge in [0.1, 0.15) is 6.17 Å². The van der Waals surface area contributed by atoms with E-state index in [9.17, 15) is 9.18 Å². The number of rotatable bonds is 5. The first kappa shape index (κ1) is 13.2. The Bertz CT molecular complexity index is 270. The van der Waals surface area contributed by atoms with Crippen molar-refractivity contribution in [3.63, 3.8) is 0 Å². The van der Waals surface area contributed by atoms with Crippen LogP contribution in [0.15, 0.2) is 12.7 Å². The summed E-state index contributed by atoms with van der Waals surface area (Å²) in [4.78, 5) is 12.9. The number of allylic oxidation sites excluding steroid dienone is 1. The predicted octanol–water partition coefficient (Wildman–Crippen LogP) is 1.94. The average molecular weight is 229 g/mol. The van der Waals surface area contributed by atoms with Crippen LogP contribution in [-0.4, -0.2) is 41.3 Å². The molecule has 1 aliphatic rings. The maximum atomic E-state index is 13.4. The number of likely N-dealkylation sites (tertiary alicyclic amines) is 1. The van der Waals surface area contributed by atoms with Gasteiger partial charge in [-0.3, -0.25) is 9.69 Å².